The van der Waals surface area contributed by atoms with Crippen molar-refractivity contribution in [3.63, 3.8) is 0 Å². The fourth-order valence-electron chi connectivity index (χ4n) is 1.98. The third kappa shape index (κ3) is 1.95. The summed E-state index contributed by atoms with van der Waals surface area (Å²) in [6, 6.07) is 5.55. The second-order valence-electron chi connectivity index (χ2n) is 3.98. The van der Waals surface area contributed by atoms with Gasteiger partial charge in [-0.15, -0.1) is 0 Å². The van der Waals surface area contributed by atoms with Gasteiger partial charge in [0.15, 0.2) is 0 Å². The highest BCUT2D eigenvalue weighted by Gasteiger charge is 2.34. The average Bonchev–Trinajstić information content (AvgIpc) is 2.85. The Kier molecular flexibility index (Phi) is 2.51. The monoisotopic (exact) mass is 263 g/mol. The molecule has 0 saturated heterocycles. The van der Waals surface area contributed by atoms with Crippen LogP contribution in [0.15, 0.2) is 49.1 Å². The molecule has 19 heavy (non-hydrogen) atoms. The van der Waals surface area contributed by atoms with E-state index in [0.29, 0.717) is 11.2 Å². The predicted molar refractivity (Wildman–Crippen MR) is 63.4 cm³/mol. The number of aromatic nitrogens is 3. The van der Waals surface area contributed by atoms with E-state index in [0.717, 1.165) is 6.07 Å². The van der Waals surface area contributed by atoms with Gasteiger partial charge in [0.1, 0.15) is 5.65 Å². The van der Waals surface area contributed by atoms with Crippen LogP contribution >= 0.6 is 0 Å². The number of hydrogen-bond donors (Lipinski definition) is 0. The summed E-state index contributed by atoms with van der Waals surface area (Å²) in [7, 11) is 0. The molecule has 0 saturated carbocycles. The maximum Gasteiger partial charge on any atom is 0.418 e. The van der Waals surface area contributed by atoms with Crippen molar-refractivity contribution in [1.29, 1.82) is 0 Å². The largest absolute Gasteiger partial charge is 0.418 e. The summed E-state index contributed by atoms with van der Waals surface area (Å²) in [5.74, 6) is 0. The summed E-state index contributed by atoms with van der Waals surface area (Å²) in [6.45, 7) is 0. The van der Waals surface area contributed by atoms with Crippen molar-refractivity contribution < 1.29 is 13.2 Å². The van der Waals surface area contributed by atoms with Crippen LogP contribution < -0.4 is 0 Å². The molecule has 0 aromatic carbocycles. The highest BCUT2D eigenvalue weighted by Crippen LogP contribution is 2.36. The normalized spacial score (nSPS) is 11.9. The van der Waals surface area contributed by atoms with Crippen LogP contribution in [-0.2, 0) is 6.18 Å². The third-order valence-corrected chi connectivity index (χ3v) is 2.79. The van der Waals surface area contributed by atoms with E-state index in [4.69, 9.17) is 0 Å². The summed E-state index contributed by atoms with van der Waals surface area (Å²) in [6.07, 6.45) is 1.84. The Morgan fingerprint density at radius 1 is 0.947 bits per heavy atom. The van der Waals surface area contributed by atoms with E-state index >= 15 is 0 Å². The van der Waals surface area contributed by atoms with E-state index in [1.807, 2.05) is 0 Å². The van der Waals surface area contributed by atoms with Crippen LogP contribution in [0, 0.1) is 0 Å². The maximum atomic E-state index is 13.0. The van der Waals surface area contributed by atoms with Gasteiger partial charge in [0.25, 0.3) is 0 Å². The van der Waals surface area contributed by atoms with E-state index in [1.165, 1.54) is 18.5 Å². The molecule has 3 nitrogen and oxygen atoms in total. The van der Waals surface area contributed by atoms with Crippen molar-refractivity contribution in [1.82, 2.24) is 14.4 Å². The highest BCUT2D eigenvalue weighted by molar-refractivity contribution is 5.77. The average molecular weight is 263 g/mol. The van der Waals surface area contributed by atoms with Gasteiger partial charge in [0.05, 0.1) is 11.3 Å². The Bertz CT molecular complexity index is 731. The number of imidazole rings is 1. The lowest BCUT2D eigenvalue weighted by Gasteiger charge is -2.12. The molecule has 0 atom stereocenters. The molecule has 0 unspecified atom stereocenters. The van der Waals surface area contributed by atoms with Crippen LogP contribution in [0.25, 0.3) is 16.9 Å². The zero-order valence-electron chi connectivity index (χ0n) is 9.59. The quantitative estimate of drug-likeness (QED) is 0.673. The van der Waals surface area contributed by atoms with Crippen molar-refractivity contribution in [2.45, 2.75) is 6.18 Å². The highest BCUT2D eigenvalue weighted by atomic mass is 19.4. The van der Waals surface area contributed by atoms with Gasteiger partial charge >= 0.3 is 6.18 Å². The molecule has 0 bridgehead atoms. The topological polar surface area (TPSA) is 30.2 Å². The third-order valence-electron chi connectivity index (χ3n) is 2.79. The molecule has 3 aromatic rings. The summed E-state index contributed by atoms with van der Waals surface area (Å²) in [4.78, 5) is 7.95. The first-order valence-corrected chi connectivity index (χ1v) is 5.51. The number of hydrogen-bond acceptors (Lipinski definition) is 2. The van der Waals surface area contributed by atoms with Gasteiger partial charge in [-0.1, -0.05) is 0 Å². The van der Waals surface area contributed by atoms with Gasteiger partial charge in [-0.2, -0.15) is 13.2 Å². The Labute approximate surface area is 106 Å². The van der Waals surface area contributed by atoms with E-state index < -0.39 is 11.7 Å². The Balaban J connectivity index is 2.31. The van der Waals surface area contributed by atoms with Gasteiger partial charge in [-0.25, -0.2) is 4.98 Å². The number of alkyl halides is 3. The second kappa shape index (κ2) is 4.08. The first kappa shape index (κ1) is 11.7. The molecule has 3 rings (SSSR count). The minimum Gasteiger partial charge on any atom is -0.307 e. The fraction of sp³-hybridized carbons (Fsp3) is 0.0769. The number of pyridine rings is 2. The van der Waals surface area contributed by atoms with Crippen LogP contribution in [0.3, 0.4) is 0 Å². The van der Waals surface area contributed by atoms with Crippen LogP contribution in [-0.4, -0.2) is 14.4 Å². The van der Waals surface area contributed by atoms with Crippen molar-refractivity contribution in [3.05, 3.63) is 54.6 Å². The van der Waals surface area contributed by atoms with Crippen LogP contribution in [0.2, 0.25) is 0 Å². The van der Waals surface area contributed by atoms with Crippen LogP contribution in [0.5, 0.6) is 0 Å². The van der Waals surface area contributed by atoms with E-state index in [-0.39, 0.29) is 5.69 Å². The molecule has 96 valence electrons. The minimum atomic E-state index is -4.44. The van der Waals surface area contributed by atoms with Gasteiger partial charge in [0, 0.05) is 30.4 Å². The van der Waals surface area contributed by atoms with Crippen molar-refractivity contribution in [3.8, 4) is 11.3 Å². The Morgan fingerprint density at radius 2 is 1.79 bits per heavy atom. The SMILES string of the molecule is FC(F)(F)c1cccnc1-c1cccn2ccnc12. The summed E-state index contributed by atoms with van der Waals surface area (Å²) < 4.78 is 40.6. The van der Waals surface area contributed by atoms with Crippen molar-refractivity contribution in [2.24, 2.45) is 0 Å². The van der Waals surface area contributed by atoms with Crippen molar-refractivity contribution >= 4 is 5.65 Å². The predicted octanol–water partition coefficient (Wildman–Crippen LogP) is 3.42. The summed E-state index contributed by atoms with van der Waals surface area (Å²) >= 11 is 0. The molecule has 0 aliphatic rings. The van der Waals surface area contributed by atoms with E-state index in [9.17, 15) is 13.2 Å². The summed E-state index contributed by atoms with van der Waals surface area (Å²) in [5, 5.41) is 0. The molecule has 0 aliphatic heterocycles. The molecule has 0 amide bonds. The number of nitrogens with zero attached hydrogens (tertiary/aromatic N) is 3. The molecule has 0 N–H and O–H groups in total. The lowest BCUT2D eigenvalue weighted by atomic mass is 10.1. The van der Waals surface area contributed by atoms with Gasteiger partial charge in [0.2, 0.25) is 0 Å². The number of halogens is 3. The molecule has 0 radical (unpaired) electrons. The molecule has 0 spiro atoms. The smallest absolute Gasteiger partial charge is 0.307 e. The molecular weight excluding hydrogens is 255 g/mol. The summed E-state index contributed by atoms with van der Waals surface area (Å²) in [5.41, 5.74) is -0.0509. The first-order chi connectivity index (χ1) is 9.07. The van der Waals surface area contributed by atoms with Crippen molar-refractivity contribution in [2.75, 3.05) is 0 Å². The molecule has 0 aliphatic carbocycles. The first-order valence-electron chi connectivity index (χ1n) is 5.51. The van der Waals surface area contributed by atoms with Gasteiger partial charge in [-0.05, 0) is 24.3 Å². The van der Waals surface area contributed by atoms with E-state index in [1.54, 1.807) is 28.9 Å². The standard InChI is InChI=1S/C13H8F3N3/c14-13(15,16)10-4-1-5-17-11(10)9-3-2-7-19-8-6-18-12(9)19/h1-8H. The fourth-order valence-corrected chi connectivity index (χ4v) is 1.98. The zero-order chi connectivity index (χ0) is 13.5. The molecular formula is C13H8F3N3. The maximum absolute atomic E-state index is 13.0. The molecule has 6 heteroatoms. The molecule has 3 aromatic heterocycles. The number of rotatable bonds is 1. The van der Waals surface area contributed by atoms with Crippen LogP contribution in [0.4, 0.5) is 13.2 Å². The number of fused-ring (bicyclic) bond motifs is 1. The minimum absolute atomic E-state index is 0.105. The van der Waals surface area contributed by atoms with Gasteiger partial charge < -0.3 is 4.40 Å². The Morgan fingerprint density at radius 3 is 2.58 bits per heavy atom. The van der Waals surface area contributed by atoms with Crippen LogP contribution in [0.1, 0.15) is 5.56 Å². The van der Waals surface area contributed by atoms with Gasteiger partial charge in [-0.3, -0.25) is 4.98 Å². The Hall–Kier alpha value is -2.37. The molecule has 3 heterocycles. The van der Waals surface area contributed by atoms with E-state index in [2.05, 4.69) is 9.97 Å². The second-order valence-corrected chi connectivity index (χ2v) is 3.98. The lowest BCUT2D eigenvalue weighted by molar-refractivity contribution is -0.137. The molecule has 0 fully saturated rings. The lowest BCUT2D eigenvalue weighted by Crippen LogP contribution is -2.08. The zero-order valence-corrected chi connectivity index (χ0v) is 9.59.